The molecule has 0 aliphatic carbocycles. The molecule has 0 atom stereocenters. The van der Waals surface area contributed by atoms with Crippen LogP contribution in [0.3, 0.4) is 0 Å². The Balaban J connectivity index is 2.07. The van der Waals surface area contributed by atoms with Crippen LogP contribution in [0.2, 0.25) is 0 Å². The second kappa shape index (κ2) is 5.85. The Kier molecular flexibility index (Phi) is 4.18. The monoisotopic (exact) mass is 248 g/mol. The molecule has 0 unspecified atom stereocenters. The molecule has 1 fully saturated rings. The van der Waals surface area contributed by atoms with E-state index in [1.54, 1.807) is 6.20 Å². The number of hydrogen-bond donors (Lipinski definition) is 1. The zero-order valence-corrected chi connectivity index (χ0v) is 10.8. The van der Waals surface area contributed by atoms with Crippen molar-refractivity contribution in [3.63, 3.8) is 0 Å². The smallest absolute Gasteiger partial charge is 0.339 e. The van der Waals surface area contributed by atoms with Crippen LogP contribution in [-0.4, -0.2) is 29.1 Å². The van der Waals surface area contributed by atoms with E-state index in [4.69, 9.17) is 5.11 Å². The van der Waals surface area contributed by atoms with E-state index in [0.29, 0.717) is 5.56 Å². The molecule has 0 spiro atoms. The Bertz CT molecular complexity index is 412. The third-order valence-electron chi connectivity index (χ3n) is 3.68. The largest absolute Gasteiger partial charge is 0.478 e. The number of hydrogen-bond acceptors (Lipinski definition) is 3. The summed E-state index contributed by atoms with van der Waals surface area (Å²) >= 11 is 0. The van der Waals surface area contributed by atoms with Crippen molar-refractivity contribution in [2.45, 2.75) is 32.6 Å². The van der Waals surface area contributed by atoms with Crippen LogP contribution in [0.5, 0.6) is 0 Å². The molecule has 1 aliphatic rings. The van der Waals surface area contributed by atoms with Crippen molar-refractivity contribution in [1.29, 1.82) is 0 Å². The summed E-state index contributed by atoms with van der Waals surface area (Å²) in [5.74, 6) is -0.0878. The van der Waals surface area contributed by atoms with Gasteiger partial charge >= 0.3 is 5.97 Å². The highest BCUT2D eigenvalue weighted by atomic mass is 16.4. The molecule has 1 aromatic heterocycles. The van der Waals surface area contributed by atoms with E-state index in [-0.39, 0.29) is 0 Å². The standard InChI is InChI=1S/C14H20N2O2/c1-2-3-11-5-8-16(9-6-11)13-4-7-15-10-12(13)14(17)18/h4,7,10-11H,2-3,5-6,8-9H2,1H3,(H,17,18). The average Bonchev–Trinajstić information content (AvgIpc) is 2.40. The molecule has 98 valence electrons. The molecule has 1 aromatic rings. The number of anilines is 1. The van der Waals surface area contributed by atoms with Gasteiger partial charge in [-0.15, -0.1) is 0 Å². The molecule has 0 saturated carbocycles. The van der Waals surface area contributed by atoms with Crippen LogP contribution in [-0.2, 0) is 0 Å². The van der Waals surface area contributed by atoms with Gasteiger partial charge in [-0.2, -0.15) is 0 Å². The SMILES string of the molecule is CCCC1CCN(c2ccncc2C(=O)O)CC1. The second-order valence-corrected chi connectivity index (χ2v) is 4.92. The lowest BCUT2D eigenvalue weighted by atomic mass is 9.92. The first-order valence-electron chi connectivity index (χ1n) is 6.64. The lowest BCUT2D eigenvalue weighted by Crippen LogP contribution is -2.34. The molecule has 0 radical (unpaired) electrons. The second-order valence-electron chi connectivity index (χ2n) is 4.92. The molecule has 0 bridgehead atoms. The molecule has 1 aliphatic heterocycles. The molecule has 4 nitrogen and oxygen atoms in total. The fourth-order valence-corrected chi connectivity index (χ4v) is 2.70. The summed E-state index contributed by atoms with van der Waals surface area (Å²) in [5, 5.41) is 9.17. The fourth-order valence-electron chi connectivity index (χ4n) is 2.70. The van der Waals surface area contributed by atoms with Crippen molar-refractivity contribution in [2.24, 2.45) is 5.92 Å². The topological polar surface area (TPSA) is 53.4 Å². The summed E-state index contributed by atoms with van der Waals surface area (Å²) in [6.07, 6.45) is 7.95. The quantitative estimate of drug-likeness (QED) is 0.890. The predicted molar refractivity (Wildman–Crippen MR) is 71.0 cm³/mol. The van der Waals surface area contributed by atoms with Crippen LogP contribution in [0.25, 0.3) is 0 Å². The first kappa shape index (κ1) is 12.9. The molecule has 1 saturated heterocycles. The van der Waals surface area contributed by atoms with E-state index in [2.05, 4.69) is 16.8 Å². The molecule has 4 heteroatoms. The van der Waals surface area contributed by atoms with Gasteiger partial charge in [0.15, 0.2) is 0 Å². The van der Waals surface area contributed by atoms with Crippen LogP contribution in [0.15, 0.2) is 18.5 Å². The third kappa shape index (κ3) is 2.81. The van der Waals surface area contributed by atoms with Gasteiger partial charge in [-0.3, -0.25) is 4.98 Å². The van der Waals surface area contributed by atoms with Crippen molar-refractivity contribution in [1.82, 2.24) is 4.98 Å². The maximum Gasteiger partial charge on any atom is 0.339 e. The third-order valence-corrected chi connectivity index (χ3v) is 3.68. The van der Waals surface area contributed by atoms with Gasteiger partial charge < -0.3 is 10.0 Å². The van der Waals surface area contributed by atoms with E-state index in [1.807, 2.05) is 6.07 Å². The van der Waals surface area contributed by atoms with E-state index >= 15 is 0 Å². The Hall–Kier alpha value is -1.58. The fraction of sp³-hybridized carbons (Fsp3) is 0.571. The molecule has 2 heterocycles. The van der Waals surface area contributed by atoms with E-state index in [1.165, 1.54) is 19.0 Å². The summed E-state index contributed by atoms with van der Waals surface area (Å²) in [7, 11) is 0. The van der Waals surface area contributed by atoms with Gasteiger partial charge in [0.2, 0.25) is 0 Å². The molecular weight excluding hydrogens is 228 g/mol. The molecular formula is C14H20N2O2. The van der Waals surface area contributed by atoms with Gasteiger partial charge in [0.05, 0.1) is 5.69 Å². The van der Waals surface area contributed by atoms with Gasteiger partial charge in [-0.05, 0) is 24.8 Å². The van der Waals surface area contributed by atoms with Crippen LogP contribution >= 0.6 is 0 Å². The number of pyridine rings is 1. The number of carboxylic acid groups (broad SMARTS) is 1. The van der Waals surface area contributed by atoms with Crippen molar-refractivity contribution >= 4 is 11.7 Å². The van der Waals surface area contributed by atoms with Gasteiger partial charge in [-0.25, -0.2) is 4.79 Å². The van der Waals surface area contributed by atoms with Crippen molar-refractivity contribution in [3.05, 3.63) is 24.0 Å². The van der Waals surface area contributed by atoms with Gasteiger partial charge in [0.25, 0.3) is 0 Å². The summed E-state index contributed by atoms with van der Waals surface area (Å²) in [4.78, 5) is 17.2. The zero-order chi connectivity index (χ0) is 13.0. The number of aromatic nitrogens is 1. The van der Waals surface area contributed by atoms with Crippen LogP contribution < -0.4 is 4.90 Å². The summed E-state index contributed by atoms with van der Waals surface area (Å²) in [6.45, 7) is 4.13. The van der Waals surface area contributed by atoms with Crippen LogP contribution in [0.1, 0.15) is 43.0 Å². The first-order chi connectivity index (χ1) is 8.72. The number of nitrogens with zero attached hydrogens (tertiary/aromatic N) is 2. The van der Waals surface area contributed by atoms with Crippen LogP contribution in [0.4, 0.5) is 5.69 Å². The minimum atomic E-state index is -0.895. The Morgan fingerprint density at radius 3 is 2.83 bits per heavy atom. The summed E-state index contributed by atoms with van der Waals surface area (Å²) in [6, 6.07) is 1.81. The highest BCUT2D eigenvalue weighted by Gasteiger charge is 2.22. The maximum atomic E-state index is 11.2. The molecule has 18 heavy (non-hydrogen) atoms. The highest BCUT2D eigenvalue weighted by Crippen LogP contribution is 2.27. The van der Waals surface area contributed by atoms with Crippen molar-refractivity contribution in [2.75, 3.05) is 18.0 Å². The summed E-state index contributed by atoms with van der Waals surface area (Å²) in [5.41, 5.74) is 1.12. The molecule has 1 N–H and O–H groups in total. The zero-order valence-electron chi connectivity index (χ0n) is 10.8. The maximum absolute atomic E-state index is 11.2. The number of carbonyl (C=O) groups is 1. The first-order valence-corrected chi connectivity index (χ1v) is 6.64. The Morgan fingerprint density at radius 1 is 1.50 bits per heavy atom. The highest BCUT2D eigenvalue weighted by molar-refractivity contribution is 5.94. The van der Waals surface area contributed by atoms with Gasteiger partial charge in [0, 0.05) is 25.5 Å². The van der Waals surface area contributed by atoms with Gasteiger partial charge in [0.1, 0.15) is 5.56 Å². The predicted octanol–water partition coefficient (Wildman–Crippen LogP) is 2.80. The number of aromatic carboxylic acids is 1. The number of piperidine rings is 1. The normalized spacial score (nSPS) is 16.8. The molecule has 0 amide bonds. The number of rotatable bonds is 4. The van der Waals surface area contributed by atoms with E-state index in [9.17, 15) is 4.79 Å². The average molecular weight is 248 g/mol. The molecule has 2 rings (SSSR count). The van der Waals surface area contributed by atoms with Crippen molar-refractivity contribution in [3.8, 4) is 0 Å². The minimum absolute atomic E-state index is 0.312. The summed E-state index contributed by atoms with van der Waals surface area (Å²) < 4.78 is 0. The van der Waals surface area contributed by atoms with E-state index in [0.717, 1.165) is 37.5 Å². The minimum Gasteiger partial charge on any atom is -0.478 e. The lowest BCUT2D eigenvalue weighted by molar-refractivity contribution is 0.0697. The van der Waals surface area contributed by atoms with Crippen molar-refractivity contribution < 1.29 is 9.90 Å². The van der Waals surface area contributed by atoms with Crippen LogP contribution in [0, 0.1) is 5.92 Å². The van der Waals surface area contributed by atoms with Gasteiger partial charge in [-0.1, -0.05) is 19.8 Å². The molecule has 0 aromatic carbocycles. The van der Waals surface area contributed by atoms with E-state index < -0.39 is 5.97 Å². The Morgan fingerprint density at radius 2 is 2.22 bits per heavy atom. The lowest BCUT2D eigenvalue weighted by Gasteiger charge is -2.34. The Labute approximate surface area is 108 Å². The number of carboxylic acids is 1.